The van der Waals surface area contributed by atoms with E-state index in [4.69, 9.17) is 10.8 Å². The van der Waals surface area contributed by atoms with Gasteiger partial charge in [0.15, 0.2) is 0 Å². The topological polar surface area (TPSA) is 92.0 Å². The molecule has 5 heteroatoms. The van der Waals surface area contributed by atoms with Crippen molar-refractivity contribution in [2.24, 2.45) is 5.73 Å². The summed E-state index contributed by atoms with van der Waals surface area (Å²) >= 11 is 0. The Morgan fingerprint density at radius 3 is 3.06 bits per heavy atom. The summed E-state index contributed by atoms with van der Waals surface area (Å²) in [5.41, 5.74) is 7.05. The third-order valence-corrected chi connectivity index (χ3v) is 2.55. The third kappa shape index (κ3) is 1.90. The van der Waals surface area contributed by atoms with E-state index < -0.39 is 11.5 Å². The van der Waals surface area contributed by atoms with E-state index in [0.717, 1.165) is 16.6 Å². The highest BCUT2D eigenvalue weighted by Gasteiger charge is 2.28. The van der Waals surface area contributed by atoms with Gasteiger partial charge in [0.25, 0.3) is 0 Å². The van der Waals surface area contributed by atoms with Gasteiger partial charge in [-0.05, 0) is 24.6 Å². The molecule has 1 aromatic heterocycles. The number of benzene rings is 1. The summed E-state index contributed by atoms with van der Waals surface area (Å²) in [6.07, 6.45) is 1.89. The highest BCUT2D eigenvalue weighted by Crippen LogP contribution is 2.16. The predicted molar refractivity (Wildman–Crippen MR) is 60.0 cm³/mol. The smallest absolute Gasteiger partial charge is 0.323 e. The van der Waals surface area contributed by atoms with Crippen LogP contribution in [0.2, 0.25) is 0 Å². The lowest BCUT2D eigenvalue weighted by atomic mass is 9.94. The second kappa shape index (κ2) is 3.61. The van der Waals surface area contributed by atoms with Crippen LogP contribution in [-0.2, 0) is 11.2 Å². The number of fused-ring (bicyclic) bond motifs is 1. The van der Waals surface area contributed by atoms with E-state index in [1.54, 1.807) is 6.33 Å². The Morgan fingerprint density at radius 2 is 2.38 bits per heavy atom. The van der Waals surface area contributed by atoms with Crippen LogP contribution in [-0.4, -0.2) is 26.6 Å². The van der Waals surface area contributed by atoms with Gasteiger partial charge in [-0.15, -0.1) is 0 Å². The van der Waals surface area contributed by atoms with Crippen LogP contribution in [0.1, 0.15) is 12.5 Å². The van der Waals surface area contributed by atoms with Crippen molar-refractivity contribution >= 4 is 17.0 Å². The standard InChI is InChI=1S/C11H13N3O2/c1-11(12,10(15)16)5-7-2-3-8-9(4-7)14-6-13-8/h2-4,6H,5,12H2,1H3,(H,13,14)(H,15,16)/t11-/m0/s1. The number of carbonyl (C=O) groups is 1. The van der Waals surface area contributed by atoms with Gasteiger partial charge in [-0.1, -0.05) is 6.07 Å². The maximum absolute atomic E-state index is 10.9. The zero-order chi connectivity index (χ0) is 11.8. The van der Waals surface area contributed by atoms with Crippen LogP contribution in [0.15, 0.2) is 24.5 Å². The molecule has 1 aromatic carbocycles. The molecule has 0 aliphatic rings. The Bertz CT molecular complexity index is 531. The fraction of sp³-hybridized carbons (Fsp3) is 0.273. The molecule has 1 atom stereocenters. The van der Waals surface area contributed by atoms with Crippen LogP contribution in [0.3, 0.4) is 0 Å². The lowest BCUT2D eigenvalue weighted by Crippen LogP contribution is -2.46. The molecule has 0 radical (unpaired) electrons. The van der Waals surface area contributed by atoms with Crippen molar-refractivity contribution in [3.05, 3.63) is 30.1 Å². The number of nitrogens with two attached hydrogens (primary N) is 1. The molecule has 5 nitrogen and oxygen atoms in total. The quantitative estimate of drug-likeness (QED) is 0.715. The summed E-state index contributed by atoms with van der Waals surface area (Å²) < 4.78 is 0. The summed E-state index contributed by atoms with van der Waals surface area (Å²) in [7, 11) is 0. The molecule has 0 amide bonds. The van der Waals surface area contributed by atoms with Crippen LogP contribution in [0.25, 0.3) is 11.0 Å². The Morgan fingerprint density at radius 1 is 1.62 bits per heavy atom. The molecule has 0 aliphatic heterocycles. The van der Waals surface area contributed by atoms with Crippen molar-refractivity contribution < 1.29 is 9.90 Å². The Kier molecular flexibility index (Phi) is 2.40. The third-order valence-electron chi connectivity index (χ3n) is 2.55. The zero-order valence-electron chi connectivity index (χ0n) is 8.90. The van der Waals surface area contributed by atoms with E-state index in [0.29, 0.717) is 0 Å². The average molecular weight is 219 g/mol. The van der Waals surface area contributed by atoms with Crippen molar-refractivity contribution in [3.63, 3.8) is 0 Å². The van der Waals surface area contributed by atoms with Gasteiger partial charge in [0.05, 0.1) is 17.4 Å². The molecule has 0 saturated carbocycles. The molecule has 4 N–H and O–H groups in total. The average Bonchev–Trinajstić information content (AvgIpc) is 2.63. The van der Waals surface area contributed by atoms with Crippen LogP contribution in [0, 0.1) is 0 Å². The highest BCUT2D eigenvalue weighted by molar-refractivity contribution is 5.79. The number of nitrogens with one attached hydrogen (secondary N) is 1. The van der Waals surface area contributed by atoms with Gasteiger partial charge in [-0.3, -0.25) is 4.79 Å². The number of aliphatic carboxylic acids is 1. The van der Waals surface area contributed by atoms with Gasteiger partial charge < -0.3 is 15.8 Å². The molecule has 0 spiro atoms. The van der Waals surface area contributed by atoms with Gasteiger partial charge in [0.1, 0.15) is 5.54 Å². The number of nitrogens with zero attached hydrogens (tertiary/aromatic N) is 1. The Balaban J connectivity index is 2.30. The monoisotopic (exact) mass is 219 g/mol. The fourth-order valence-corrected chi connectivity index (χ4v) is 1.59. The first-order chi connectivity index (χ1) is 7.49. The van der Waals surface area contributed by atoms with Crippen LogP contribution >= 0.6 is 0 Å². The maximum Gasteiger partial charge on any atom is 0.323 e. The first kappa shape index (κ1) is 10.6. The Labute approximate surface area is 92.3 Å². The van der Waals surface area contributed by atoms with E-state index >= 15 is 0 Å². The Hall–Kier alpha value is -1.88. The van der Waals surface area contributed by atoms with Crippen molar-refractivity contribution in [2.75, 3.05) is 0 Å². The van der Waals surface area contributed by atoms with E-state index in [1.165, 1.54) is 6.92 Å². The van der Waals surface area contributed by atoms with Gasteiger partial charge in [0.2, 0.25) is 0 Å². The number of carboxylic acids is 1. The van der Waals surface area contributed by atoms with E-state index in [2.05, 4.69) is 9.97 Å². The predicted octanol–water partition coefficient (Wildman–Crippen LogP) is 0.907. The molecule has 0 bridgehead atoms. The number of hydrogen-bond acceptors (Lipinski definition) is 3. The van der Waals surface area contributed by atoms with E-state index in [9.17, 15) is 4.79 Å². The number of H-pyrrole nitrogens is 1. The number of aromatic amines is 1. The van der Waals surface area contributed by atoms with Crippen LogP contribution in [0.4, 0.5) is 0 Å². The number of imidazole rings is 1. The summed E-state index contributed by atoms with van der Waals surface area (Å²) in [6, 6.07) is 5.57. The van der Waals surface area contributed by atoms with Crippen molar-refractivity contribution in [2.45, 2.75) is 18.9 Å². The minimum absolute atomic E-state index is 0.283. The molecule has 0 fully saturated rings. The fourth-order valence-electron chi connectivity index (χ4n) is 1.59. The zero-order valence-corrected chi connectivity index (χ0v) is 8.90. The van der Waals surface area contributed by atoms with Crippen molar-refractivity contribution in [3.8, 4) is 0 Å². The number of hydrogen-bond donors (Lipinski definition) is 3. The molecule has 2 aromatic rings. The molecule has 0 unspecified atom stereocenters. The minimum Gasteiger partial charge on any atom is -0.480 e. The summed E-state index contributed by atoms with van der Waals surface area (Å²) in [6.45, 7) is 1.50. The van der Waals surface area contributed by atoms with Crippen molar-refractivity contribution in [1.29, 1.82) is 0 Å². The molecular weight excluding hydrogens is 206 g/mol. The normalized spacial score (nSPS) is 14.9. The second-order valence-electron chi connectivity index (χ2n) is 4.15. The first-order valence-electron chi connectivity index (χ1n) is 4.93. The molecule has 0 aliphatic carbocycles. The molecule has 84 valence electrons. The lowest BCUT2D eigenvalue weighted by molar-refractivity contribution is -0.142. The van der Waals surface area contributed by atoms with Gasteiger partial charge in [-0.2, -0.15) is 0 Å². The molecule has 0 saturated heterocycles. The summed E-state index contributed by atoms with van der Waals surface area (Å²) in [4.78, 5) is 18.0. The number of rotatable bonds is 3. The van der Waals surface area contributed by atoms with Crippen LogP contribution < -0.4 is 5.73 Å². The summed E-state index contributed by atoms with van der Waals surface area (Å²) in [5, 5.41) is 8.93. The van der Waals surface area contributed by atoms with E-state index in [1.807, 2.05) is 18.2 Å². The van der Waals surface area contributed by atoms with Crippen LogP contribution in [0.5, 0.6) is 0 Å². The first-order valence-corrected chi connectivity index (χ1v) is 4.93. The van der Waals surface area contributed by atoms with Gasteiger partial charge in [-0.25, -0.2) is 4.98 Å². The molecule has 2 rings (SSSR count). The van der Waals surface area contributed by atoms with Gasteiger partial charge >= 0.3 is 5.97 Å². The number of carboxylic acid groups (broad SMARTS) is 1. The maximum atomic E-state index is 10.9. The summed E-state index contributed by atoms with van der Waals surface area (Å²) in [5.74, 6) is -1.00. The second-order valence-corrected chi connectivity index (χ2v) is 4.15. The largest absolute Gasteiger partial charge is 0.480 e. The minimum atomic E-state index is -1.25. The van der Waals surface area contributed by atoms with E-state index in [-0.39, 0.29) is 6.42 Å². The molecular formula is C11H13N3O2. The molecule has 16 heavy (non-hydrogen) atoms. The highest BCUT2D eigenvalue weighted by atomic mass is 16.4. The van der Waals surface area contributed by atoms with Gasteiger partial charge in [0, 0.05) is 6.42 Å². The number of aromatic nitrogens is 2. The SMILES string of the molecule is C[C@](N)(Cc1ccc2[nH]cnc2c1)C(=O)O. The van der Waals surface area contributed by atoms with Crippen molar-refractivity contribution in [1.82, 2.24) is 9.97 Å². The lowest BCUT2D eigenvalue weighted by Gasteiger charge is -2.18. The molecule has 1 heterocycles.